The second-order valence-electron chi connectivity index (χ2n) is 7.57. The van der Waals surface area contributed by atoms with Gasteiger partial charge in [-0.25, -0.2) is 4.39 Å². The highest BCUT2D eigenvalue weighted by atomic mass is 19.1. The van der Waals surface area contributed by atoms with E-state index in [9.17, 15) is 14.0 Å². The number of carbonyl (C=O) groups is 2. The summed E-state index contributed by atoms with van der Waals surface area (Å²) in [5, 5.41) is 2.85. The summed E-state index contributed by atoms with van der Waals surface area (Å²) in [6.45, 7) is 3.02. The number of piperazine rings is 1. The number of carbonyl (C=O) groups excluding carboxylic acids is 2. The lowest BCUT2D eigenvalue weighted by Crippen LogP contribution is -2.55. The summed E-state index contributed by atoms with van der Waals surface area (Å²) >= 11 is 0. The van der Waals surface area contributed by atoms with Crippen LogP contribution in [0.3, 0.4) is 0 Å². The summed E-state index contributed by atoms with van der Waals surface area (Å²) < 4.78 is 13.0. The van der Waals surface area contributed by atoms with Crippen LogP contribution in [-0.4, -0.2) is 55.0 Å². The summed E-state index contributed by atoms with van der Waals surface area (Å²) in [7, 11) is 0. The van der Waals surface area contributed by atoms with Gasteiger partial charge in [0.25, 0.3) is 0 Å². The summed E-state index contributed by atoms with van der Waals surface area (Å²) in [5.41, 5.74) is 6.41. The zero-order valence-corrected chi connectivity index (χ0v) is 15.8. The van der Waals surface area contributed by atoms with E-state index in [4.69, 9.17) is 5.73 Å². The maximum atomic E-state index is 13.0. The zero-order valence-electron chi connectivity index (χ0n) is 15.8. The Bertz CT molecular complexity index is 650. The Balaban J connectivity index is 1.39. The van der Waals surface area contributed by atoms with Crippen molar-refractivity contribution in [1.82, 2.24) is 10.2 Å². The van der Waals surface area contributed by atoms with Gasteiger partial charge in [0.15, 0.2) is 0 Å². The maximum Gasteiger partial charge on any atom is 0.240 e. The smallest absolute Gasteiger partial charge is 0.240 e. The topological polar surface area (TPSA) is 78.7 Å². The average Bonchev–Trinajstić information content (AvgIpc) is 2.69. The second kappa shape index (κ2) is 8.69. The Morgan fingerprint density at radius 2 is 1.67 bits per heavy atom. The molecule has 1 aromatic carbocycles. The van der Waals surface area contributed by atoms with Gasteiger partial charge in [0.2, 0.25) is 11.8 Å². The van der Waals surface area contributed by atoms with E-state index in [2.05, 4.69) is 10.2 Å². The van der Waals surface area contributed by atoms with Gasteiger partial charge in [0, 0.05) is 44.8 Å². The highest BCUT2D eigenvalue weighted by molar-refractivity contribution is 5.86. The third-order valence-corrected chi connectivity index (χ3v) is 5.65. The number of benzene rings is 1. The van der Waals surface area contributed by atoms with E-state index in [1.54, 1.807) is 12.1 Å². The molecule has 3 rings (SSSR count). The SMILES string of the molecule is NC1(C(=O)NCCC(=O)N2CCN(c3ccc(F)cc3)CC2)CCCCC1. The first-order chi connectivity index (χ1) is 13.0. The van der Waals surface area contributed by atoms with Crippen molar-refractivity contribution in [3.8, 4) is 0 Å². The van der Waals surface area contributed by atoms with Crippen molar-refractivity contribution in [3.05, 3.63) is 30.1 Å². The summed E-state index contributed by atoms with van der Waals surface area (Å²) in [6.07, 6.45) is 4.84. The molecule has 1 saturated carbocycles. The van der Waals surface area contributed by atoms with E-state index < -0.39 is 5.54 Å². The minimum Gasteiger partial charge on any atom is -0.368 e. The molecule has 6 nitrogen and oxygen atoms in total. The minimum atomic E-state index is -0.762. The van der Waals surface area contributed by atoms with Gasteiger partial charge in [-0.3, -0.25) is 9.59 Å². The van der Waals surface area contributed by atoms with Crippen molar-refractivity contribution in [2.24, 2.45) is 5.73 Å². The van der Waals surface area contributed by atoms with Crippen molar-refractivity contribution in [2.75, 3.05) is 37.6 Å². The lowest BCUT2D eigenvalue weighted by Gasteiger charge is -2.36. The summed E-state index contributed by atoms with van der Waals surface area (Å²) in [5.74, 6) is -0.331. The molecule has 0 radical (unpaired) electrons. The molecule has 3 N–H and O–H groups in total. The Labute approximate surface area is 159 Å². The number of rotatable bonds is 5. The van der Waals surface area contributed by atoms with Crippen LogP contribution in [-0.2, 0) is 9.59 Å². The fourth-order valence-corrected chi connectivity index (χ4v) is 3.89. The Hall–Kier alpha value is -2.15. The predicted molar refractivity (Wildman–Crippen MR) is 103 cm³/mol. The molecule has 0 atom stereocenters. The molecule has 1 aliphatic carbocycles. The third kappa shape index (κ3) is 4.97. The summed E-state index contributed by atoms with van der Waals surface area (Å²) in [6, 6.07) is 6.42. The molecule has 2 aliphatic rings. The van der Waals surface area contributed by atoms with Crippen molar-refractivity contribution >= 4 is 17.5 Å². The lowest BCUT2D eigenvalue weighted by molar-refractivity contribution is -0.131. The van der Waals surface area contributed by atoms with E-state index in [0.717, 1.165) is 50.9 Å². The molecule has 1 aliphatic heterocycles. The fraction of sp³-hybridized carbons (Fsp3) is 0.600. The number of nitrogens with one attached hydrogen (secondary N) is 1. The number of nitrogens with two attached hydrogens (primary N) is 1. The van der Waals surface area contributed by atoms with Crippen molar-refractivity contribution in [1.29, 1.82) is 0 Å². The number of hydrogen-bond donors (Lipinski definition) is 2. The Morgan fingerprint density at radius 1 is 1.04 bits per heavy atom. The third-order valence-electron chi connectivity index (χ3n) is 5.65. The first-order valence-corrected chi connectivity index (χ1v) is 9.83. The van der Waals surface area contributed by atoms with Crippen LogP contribution in [0.1, 0.15) is 38.5 Å². The first-order valence-electron chi connectivity index (χ1n) is 9.83. The van der Waals surface area contributed by atoms with Gasteiger partial charge in [-0.1, -0.05) is 19.3 Å². The van der Waals surface area contributed by atoms with Gasteiger partial charge >= 0.3 is 0 Å². The molecule has 7 heteroatoms. The molecule has 1 aromatic rings. The molecule has 27 heavy (non-hydrogen) atoms. The number of amides is 2. The van der Waals surface area contributed by atoms with Gasteiger partial charge in [-0.2, -0.15) is 0 Å². The maximum absolute atomic E-state index is 13.0. The van der Waals surface area contributed by atoms with Gasteiger partial charge in [0.1, 0.15) is 5.82 Å². The van der Waals surface area contributed by atoms with E-state index >= 15 is 0 Å². The van der Waals surface area contributed by atoms with Gasteiger partial charge in [-0.15, -0.1) is 0 Å². The quantitative estimate of drug-likeness (QED) is 0.819. The molecule has 148 valence electrons. The average molecular weight is 376 g/mol. The Morgan fingerprint density at radius 3 is 2.30 bits per heavy atom. The van der Waals surface area contributed by atoms with Gasteiger partial charge in [-0.05, 0) is 37.1 Å². The number of nitrogens with zero attached hydrogens (tertiary/aromatic N) is 2. The molecule has 0 aromatic heterocycles. The van der Waals surface area contributed by atoms with Crippen LogP contribution in [0.15, 0.2) is 24.3 Å². The molecule has 1 saturated heterocycles. The zero-order chi connectivity index (χ0) is 19.3. The Kier molecular flexibility index (Phi) is 6.31. The number of anilines is 1. The van der Waals surface area contributed by atoms with Gasteiger partial charge < -0.3 is 20.9 Å². The van der Waals surface area contributed by atoms with E-state index in [0.29, 0.717) is 26.1 Å². The fourth-order valence-electron chi connectivity index (χ4n) is 3.89. The molecule has 1 heterocycles. The highest BCUT2D eigenvalue weighted by Gasteiger charge is 2.35. The van der Waals surface area contributed by atoms with Crippen LogP contribution >= 0.6 is 0 Å². The van der Waals surface area contributed by atoms with E-state index in [-0.39, 0.29) is 17.6 Å². The summed E-state index contributed by atoms with van der Waals surface area (Å²) in [4.78, 5) is 28.7. The van der Waals surface area contributed by atoms with Crippen LogP contribution in [0, 0.1) is 5.82 Å². The molecule has 0 unspecified atom stereocenters. The second-order valence-corrected chi connectivity index (χ2v) is 7.57. The van der Waals surface area contributed by atoms with Crippen molar-refractivity contribution < 1.29 is 14.0 Å². The molecule has 0 bridgehead atoms. The minimum absolute atomic E-state index is 0.0452. The number of hydrogen-bond acceptors (Lipinski definition) is 4. The van der Waals surface area contributed by atoms with Crippen molar-refractivity contribution in [3.63, 3.8) is 0 Å². The standard InChI is InChI=1S/C20H29FN4O2/c21-16-4-6-17(7-5-16)24-12-14-25(15-13-24)18(26)8-11-23-19(27)20(22)9-2-1-3-10-20/h4-7H,1-3,8-15,22H2,(H,23,27). The highest BCUT2D eigenvalue weighted by Crippen LogP contribution is 2.26. The number of halogens is 1. The largest absolute Gasteiger partial charge is 0.368 e. The predicted octanol–water partition coefficient (Wildman–Crippen LogP) is 1.64. The van der Waals surface area contributed by atoms with Crippen LogP contribution in [0.25, 0.3) is 0 Å². The molecular formula is C20H29FN4O2. The van der Waals surface area contributed by atoms with Crippen LogP contribution in [0.2, 0.25) is 0 Å². The van der Waals surface area contributed by atoms with Crippen LogP contribution in [0.5, 0.6) is 0 Å². The van der Waals surface area contributed by atoms with Crippen LogP contribution in [0.4, 0.5) is 10.1 Å². The first kappa shape index (κ1) is 19.6. The van der Waals surface area contributed by atoms with E-state index in [1.165, 1.54) is 12.1 Å². The van der Waals surface area contributed by atoms with Crippen LogP contribution < -0.4 is 16.0 Å². The molecule has 2 amide bonds. The van der Waals surface area contributed by atoms with Crippen molar-refractivity contribution in [2.45, 2.75) is 44.1 Å². The lowest BCUT2D eigenvalue weighted by atomic mass is 9.82. The molecule has 2 fully saturated rings. The monoisotopic (exact) mass is 376 g/mol. The molecule has 0 spiro atoms. The molecular weight excluding hydrogens is 347 g/mol. The van der Waals surface area contributed by atoms with E-state index in [1.807, 2.05) is 4.90 Å². The van der Waals surface area contributed by atoms with Gasteiger partial charge in [0.05, 0.1) is 5.54 Å². The normalized spacial score (nSPS) is 19.6.